The number of hydrogen-bond donors (Lipinski definition) is 1. The zero-order valence-electron chi connectivity index (χ0n) is 14.3. The SMILES string of the molecule is C=C(C)C(=O)Oc1cc(CCCC)c(C(=O)O)cc1CCCC. The summed E-state index contributed by atoms with van der Waals surface area (Å²) in [7, 11) is 0. The van der Waals surface area contributed by atoms with Gasteiger partial charge in [-0.15, -0.1) is 0 Å². The van der Waals surface area contributed by atoms with E-state index < -0.39 is 11.9 Å². The summed E-state index contributed by atoms with van der Waals surface area (Å²) in [6.07, 6.45) is 5.09. The number of benzene rings is 1. The Labute approximate surface area is 138 Å². The minimum Gasteiger partial charge on any atom is -0.478 e. The van der Waals surface area contributed by atoms with Crippen molar-refractivity contribution < 1.29 is 19.4 Å². The van der Waals surface area contributed by atoms with Crippen LogP contribution in [0.3, 0.4) is 0 Å². The number of rotatable bonds is 9. The Bertz CT molecular complexity index is 587. The molecule has 0 aliphatic carbocycles. The van der Waals surface area contributed by atoms with Crippen LogP contribution in [0.2, 0.25) is 0 Å². The van der Waals surface area contributed by atoms with Gasteiger partial charge in [-0.3, -0.25) is 0 Å². The molecule has 4 heteroatoms. The predicted octanol–water partition coefficient (Wildman–Crippen LogP) is 4.55. The van der Waals surface area contributed by atoms with Gasteiger partial charge in [-0.2, -0.15) is 0 Å². The van der Waals surface area contributed by atoms with Crippen LogP contribution in [-0.2, 0) is 17.6 Å². The number of esters is 1. The van der Waals surface area contributed by atoms with Gasteiger partial charge in [0.25, 0.3) is 0 Å². The summed E-state index contributed by atoms with van der Waals surface area (Å²) in [5.41, 5.74) is 2.10. The first-order valence-electron chi connectivity index (χ1n) is 8.17. The number of carboxylic acids is 1. The topological polar surface area (TPSA) is 63.6 Å². The molecule has 126 valence electrons. The molecule has 1 aromatic rings. The third-order valence-electron chi connectivity index (χ3n) is 3.67. The number of carbonyl (C=O) groups is 2. The molecular formula is C19H26O4. The summed E-state index contributed by atoms with van der Waals surface area (Å²) in [6, 6.07) is 3.37. The fraction of sp³-hybridized carbons (Fsp3) is 0.474. The van der Waals surface area contributed by atoms with Crippen molar-refractivity contribution in [2.45, 2.75) is 59.3 Å². The van der Waals surface area contributed by atoms with Crippen LogP contribution in [0.1, 0.15) is 67.9 Å². The van der Waals surface area contributed by atoms with Crippen molar-refractivity contribution in [3.05, 3.63) is 41.0 Å². The maximum absolute atomic E-state index is 11.8. The molecular weight excluding hydrogens is 292 g/mol. The number of hydrogen-bond acceptors (Lipinski definition) is 3. The van der Waals surface area contributed by atoms with Crippen molar-refractivity contribution in [3.8, 4) is 5.75 Å². The molecule has 1 rings (SSSR count). The van der Waals surface area contributed by atoms with Crippen LogP contribution in [0, 0.1) is 0 Å². The zero-order valence-corrected chi connectivity index (χ0v) is 14.3. The van der Waals surface area contributed by atoms with E-state index in [4.69, 9.17) is 4.74 Å². The van der Waals surface area contributed by atoms with Gasteiger partial charge in [0, 0.05) is 5.57 Å². The van der Waals surface area contributed by atoms with Gasteiger partial charge in [-0.05, 0) is 55.9 Å². The van der Waals surface area contributed by atoms with Gasteiger partial charge in [0.05, 0.1) is 5.56 Å². The Morgan fingerprint density at radius 1 is 1.09 bits per heavy atom. The molecule has 1 aromatic carbocycles. The summed E-state index contributed by atoms with van der Waals surface area (Å²) in [5, 5.41) is 9.45. The second-order valence-corrected chi connectivity index (χ2v) is 5.80. The smallest absolute Gasteiger partial charge is 0.338 e. The molecule has 0 radical (unpaired) electrons. The largest absolute Gasteiger partial charge is 0.478 e. The van der Waals surface area contributed by atoms with Crippen molar-refractivity contribution in [1.82, 2.24) is 0 Å². The third-order valence-corrected chi connectivity index (χ3v) is 3.67. The average molecular weight is 318 g/mol. The molecule has 0 aliphatic heterocycles. The van der Waals surface area contributed by atoms with Gasteiger partial charge in [-0.1, -0.05) is 33.3 Å². The highest BCUT2D eigenvalue weighted by Crippen LogP contribution is 2.27. The maximum atomic E-state index is 11.8. The predicted molar refractivity (Wildman–Crippen MR) is 91.1 cm³/mol. The summed E-state index contributed by atoms with van der Waals surface area (Å²) in [6.45, 7) is 9.30. The lowest BCUT2D eigenvalue weighted by Crippen LogP contribution is -2.12. The van der Waals surface area contributed by atoms with Crippen molar-refractivity contribution in [2.75, 3.05) is 0 Å². The number of aryl methyl sites for hydroxylation is 2. The minimum atomic E-state index is -0.938. The number of ether oxygens (including phenoxy) is 1. The molecule has 0 atom stereocenters. The molecule has 0 saturated carbocycles. The van der Waals surface area contributed by atoms with E-state index in [1.165, 1.54) is 0 Å². The van der Waals surface area contributed by atoms with E-state index in [9.17, 15) is 14.7 Å². The lowest BCUT2D eigenvalue weighted by molar-refractivity contribution is -0.130. The molecule has 23 heavy (non-hydrogen) atoms. The van der Waals surface area contributed by atoms with Gasteiger partial charge >= 0.3 is 11.9 Å². The number of carbonyl (C=O) groups excluding carboxylic acids is 1. The van der Waals surface area contributed by atoms with Crippen molar-refractivity contribution in [2.24, 2.45) is 0 Å². The molecule has 1 N–H and O–H groups in total. The number of unbranched alkanes of at least 4 members (excludes halogenated alkanes) is 2. The summed E-state index contributed by atoms with van der Waals surface area (Å²) >= 11 is 0. The first-order chi connectivity index (χ1) is 10.9. The normalized spacial score (nSPS) is 10.4. The third kappa shape index (κ3) is 5.55. The Kier molecular flexibility index (Phi) is 7.52. The Morgan fingerprint density at radius 3 is 2.13 bits per heavy atom. The first-order valence-corrected chi connectivity index (χ1v) is 8.17. The second-order valence-electron chi connectivity index (χ2n) is 5.80. The summed E-state index contributed by atoms with van der Waals surface area (Å²) in [5.74, 6) is -0.957. The van der Waals surface area contributed by atoms with E-state index in [2.05, 4.69) is 20.4 Å². The lowest BCUT2D eigenvalue weighted by atomic mass is 9.96. The van der Waals surface area contributed by atoms with Crippen LogP contribution >= 0.6 is 0 Å². The van der Waals surface area contributed by atoms with E-state index in [0.717, 1.165) is 31.2 Å². The average Bonchev–Trinajstić information content (AvgIpc) is 2.51. The van der Waals surface area contributed by atoms with Crippen LogP contribution < -0.4 is 4.74 Å². The maximum Gasteiger partial charge on any atom is 0.338 e. The highest BCUT2D eigenvalue weighted by Gasteiger charge is 2.17. The van der Waals surface area contributed by atoms with Gasteiger partial charge in [0.15, 0.2) is 0 Å². The second kappa shape index (κ2) is 9.13. The molecule has 0 heterocycles. The first kappa shape index (κ1) is 18.9. The standard InChI is InChI=1S/C19H26O4/c1-5-7-9-14-12-17(23-19(22)13(3)4)15(10-8-6-2)11-16(14)18(20)21/h11-12H,3,5-10H2,1-2,4H3,(H,20,21). The van der Waals surface area contributed by atoms with Crippen LogP contribution in [0.4, 0.5) is 0 Å². The van der Waals surface area contributed by atoms with Gasteiger partial charge in [0.2, 0.25) is 0 Å². The van der Waals surface area contributed by atoms with E-state index in [0.29, 0.717) is 35.3 Å². The summed E-state index contributed by atoms with van der Waals surface area (Å²) < 4.78 is 5.43. The van der Waals surface area contributed by atoms with E-state index in [1.54, 1.807) is 19.1 Å². The lowest BCUT2D eigenvalue weighted by Gasteiger charge is -2.14. The van der Waals surface area contributed by atoms with E-state index >= 15 is 0 Å². The zero-order chi connectivity index (χ0) is 17.4. The minimum absolute atomic E-state index is 0.305. The number of carboxylic acid groups (broad SMARTS) is 1. The molecule has 0 bridgehead atoms. The number of aromatic carboxylic acids is 1. The molecule has 0 amide bonds. The van der Waals surface area contributed by atoms with Crippen LogP contribution in [0.5, 0.6) is 5.75 Å². The van der Waals surface area contributed by atoms with Gasteiger partial charge in [-0.25, -0.2) is 9.59 Å². The van der Waals surface area contributed by atoms with Crippen LogP contribution in [0.25, 0.3) is 0 Å². The molecule has 0 fully saturated rings. The molecule has 0 aromatic heterocycles. The van der Waals surface area contributed by atoms with Crippen molar-refractivity contribution in [1.29, 1.82) is 0 Å². The molecule has 0 saturated heterocycles. The fourth-order valence-corrected chi connectivity index (χ4v) is 2.28. The molecule has 0 unspecified atom stereocenters. The monoisotopic (exact) mass is 318 g/mol. The van der Waals surface area contributed by atoms with E-state index in [1.807, 2.05) is 0 Å². The molecule has 0 spiro atoms. The fourth-order valence-electron chi connectivity index (χ4n) is 2.28. The van der Waals surface area contributed by atoms with Gasteiger partial charge in [0.1, 0.15) is 5.75 Å². The Hall–Kier alpha value is -2.10. The highest BCUT2D eigenvalue weighted by atomic mass is 16.5. The summed E-state index contributed by atoms with van der Waals surface area (Å²) in [4.78, 5) is 23.4. The van der Waals surface area contributed by atoms with Crippen molar-refractivity contribution in [3.63, 3.8) is 0 Å². The molecule has 0 aliphatic rings. The van der Waals surface area contributed by atoms with Crippen LogP contribution in [-0.4, -0.2) is 17.0 Å². The Balaban J connectivity index is 3.28. The van der Waals surface area contributed by atoms with Crippen LogP contribution in [0.15, 0.2) is 24.3 Å². The molecule has 4 nitrogen and oxygen atoms in total. The van der Waals surface area contributed by atoms with Gasteiger partial charge < -0.3 is 9.84 Å². The quantitative estimate of drug-likeness (QED) is 0.412. The van der Waals surface area contributed by atoms with Crippen molar-refractivity contribution >= 4 is 11.9 Å². The van der Waals surface area contributed by atoms with E-state index in [-0.39, 0.29) is 0 Å². The Morgan fingerprint density at radius 2 is 1.65 bits per heavy atom. The highest BCUT2D eigenvalue weighted by molar-refractivity contribution is 5.91.